The Balaban J connectivity index is 3.85. The molecule has 82 valence electrons. The first-order valence-electron chi connectivity index (χ1n) is 4.39. The zero-order chi connectivity index (χ0) is 11.2. The molecule has 4 nitrogen and oxygen atoms in total. The highest BCUT2D eigenvalue weighted by molar-refractivity contribution is 7.85. The molecule has 0 aliphatic heterocycles. The van der Waals surface area contributed by atoms with Crippen LogP contribution in [0.4, 0.5) is 0 Å². The molecule has 5 heteroatoms. The third-order valence-electron chi connectivity index (χ3n) is 1.40. The molecule has 0 N–H and O–H groups in total. The zero-order valence-electron chi connectivity index (χ0n) is 9.07. The minimum absolute atomic E-state index is 0.279. The highest BCUT2D eigenvalue weighted by atomic mass is 32.2. The van der Waals surface area contributed by atoms with E-state index in [2.05, 4.69) is 9.13 Å². The van der Waals surface area contributed by atoms with Crippen LogP contribution in [-0.4, -0.2) is 28.2 Å². The summed E-state index contributed by atoms with van der Waals surface area (Å²) < 4.78 is 19.3. The van der Waals surface area contributed by atoms with Crippen molar-refractivity contribution < 1.29 is 13.7 Å². The molecule has 0 aliphatic carbocycles. The lowest BCUT2D eigenvalue weighted by atomic mass is 10.3. The predicted octanol–water partition coefficient (Wildman–Crippen LogP) is 1.47. The normalized spacial score (nSPS) is 14.3. The van der Waals surface area contributed by atoms with Gasteiger partial charge in [0.05, 0.1) is 18.3 Å². The molecule has 0 heterocycles. The molecule has 0 bridgehead atoms. The van der Waals surface area contributed by atoms with Gasteiger partial charge in [-0.05, 0) is 27.2 Å². The third-order valence-corrected chi connectivity index (χ3v) is 2.79. The molecule has 0 rings (SSSR count). The standard InChI is InChI=1S/C9H17NO3S/c1-9(2,3)14(12)10-7-5-6-8(11)13-4/h7H,5-6H2,1-4H3/b10-7+/t14-/m0/s1. The SMILES string of the molecule is COC(=O)CC/C=N/[S@@](=O)C(C)(C)C. The Kier molecular flexibility index (Phi) is 5.60. The average molecular weight is 219 g/mol. The van der Waals surface area contributed by atoms with E-state index in [1.54, 1.807) is 0 Å². The topological polar surface area (TPSA) is 55.7 Å². The van der Waals surface area contributed by atoms with Crippen LogP contribution < -0.4 is 0 Å². The molecule has 0 unspecified atom stereocenters. The molecule has 0 fully saturated rings. The highest BCUT2D eigenvalue weighted by Crippen LogP contribution is 2.11. The van der Waals surface area contributed by atoms with Crippen LogP contribution in [0.5, 0.6) is 0 Å². The van der Waals surface area contributed by atoms with Gasteiger partial charge in [-0.15, -0.1) is 0 Å². The summed E-state index contributed by atoms with van der Waals surface area (Å²) in [5.74, 6) is -0.280. The average Bonchev–Trinajstić information content (AvgIpc) is 2.09. The Morgan fingerprint density at radius 1 is 1.50 bits per heavy atom. The van der Waals surface area contributed by atoms with Crippen LogP contribution in [0.3, 0.4) is 0 Å². The van der Waals surface area contributed by atoms with Crippen molar-refractivity contribution in [3.8, 4) is 0 Å². The van der Waals surface area contributed by atoms with Crippen molar-refractivity contribution in [2.45, 2.75) is 38.4 Å². The van der Waals surface area contributed by atoms with Crippen LogP contribution >= 0.6 is 0 Å². The summed E-state index contributed by atoms with van der Waals surface area (Å²) in [6.45, 7) is 5.54. The van der Waals surface area contributed by atoms with Gasteiger partial charge in [-0.25, -0.2) is 4.21 Å². The molecule has 0 saturated carbocycles. The molecule has 0 aromatic heterocycles. The first kappa shape index (κ1) is 13.3. The van der Waals surface area contributed by atoms with Gasteiger partial charge >= 0.3 is 5.97 Å². The van der Waals surface area contributed by atoms with E-state index in [4.69, 9.17) is 0 Å². The van der Waals surface area contributed by atoms with E-state index >= 15 is 0 Å². The Hall–Kier alpha value is -0.710. The summed E-state index contributed by atoms with van der Waals surface area (Å²) in [4.78, 5) is 10.7. The Morgan fingerprint density at radius 3 is 2.50 bits per heavy atom. The van der Waals surface area contributed by atoms with E-state index in [1.165, 1.54) is 13.3 Å². The number of carbonyl (C=O) groups excluding carboxylic acids is 1. The van der Waals surface area contributed by atoms with E-state index < -0.39 is 11.0 Å². The minimum atomic E-state index is -1.24. The van der Waals surface area contributed by atoms with Gasteiger partial charge in [0.15, 0.2) is 0 Å². The molecule has 0 aromatic rings. The summed E-state index contributed by atoms with van der Waals surface area (Å²) in [6, 6.07) is 0. The van der Waals surface area contributed by atoms with Crippen molar-refractivity contribution in [1.29, 1.82) is 0 Å². The van der Waals surface area contributed by atoms with Gasteiger partial charge in [-0.3, -0.25) is 4.79 Å². The lowest BCUT2D eigenvalue weighted by molar-refractivity contribution is -0.140. The van der Waals surface area contributed by atoms with Gasteiger partial charge in [0.2, 0.25) is 0 Å². The number of ether oxygens (including phenoxy) is 1. The van der Waals surface area contributed by atoms with E-state index in [0.29, 0.717) is 6.42 Å². The molecule has 1 atom stereocenters. The third kappa shape index (κ3) is 5.85. The number of hydrogen-bond acceptors (Lipinski definition) is 3. The van der Waals surface area contributed by atoms with E-state index in [1.807, 2.05) is 20.8 Å². The van der Waals surface area contributed by atoms with Crippen molar-refractivity contribution in [3.63, 3.8) is 0 Å². The molecule has 0 aliphatic rings. The van der Waals surface area contributed by atoms with Crippen LogP contribution in [0, 0.1) is 0 Å². The number of rotatable bonds is 4. The first-order valence-corrected chi connectivity index (χ1v) is 5.50. The maximum Gasteiger partial charge on any atom is 0.305 e. The number of methoxy groups -OCH3 is 1. The maximum absolute atomic E-state index is 11.4. The van der Waals surface area contributed by atoms with Crippen molar-refractivity contribution in [2.75, 3.05) is 7.11 Å². The number of hydrogen-bond donors (Lipinski definition) is 0. The molecule has 0 aromatic carbocycles. The van der Waals surface area contributed by atoms with Gasteiger partial charge in [-0.2, -0.15) is 4.40 Å². The lowest BCUT2D eigenvalue weighted by Crippen LogP contribution is -2.19. The van der Waals surface area contributed by atoms with Crippen molar-refractivity contribution in [2.24, 2.45) is 4.40 Å². The zero-order valence-corrected chi connectivity index (χ0v) is 9.89. The Labute approximate surface area is 87.3 Å². The van der Waals surface area contributed by atoms with E-state index in [-0.39, 0.29) is 17.1 Å². The Morgan fingerprint density at radius 2 is 2.07 bits per heavy atom. The van der Waals surface area contributed by atoms with Crippen molar-refractivity contribution in [3.05, 3.63) is 0 Å². The number of esters is 1. The second-order valence-electron chi connectivity index (χ2n) is 3.76. The number of nitrogens with zero attached hydrogens (tertiary/aromatic N) is 1. The fourth-order valence-electron chi connectivity index (χ4n) is 0.563. The van der Waals surface area contributed by atoms with Gasteiger partial charge in [0.25, 0.3) is 0 Å². The molecule has 0 spiro atoms. The molecular formula is C9H17NO3S. The predicted molar refractivity (Wildman–Crippen MR) is 57.6 cm³/mol. The minimum Gasteiger partial charge on any atom is -0.469 e. The van der Waals surface area contributed by atoms with Crippen LogP contribution in [0.25, 0.3) is 0 Å². The smallest absolute Gasteiger partial charge is 0.305 e. The van der Waals surface area contributed by atoms with E-state index in [0.717, 1.165) is 0 Å². The van der Waals surface area contributed by atoms with Gasteiger partial charge in [-0.1, -0.05) is 0 Å². The van der Waals surface area contributed by atoms with Crippen molar-refractivity contribution >= 4 is 23.2 Å². The fraction of sp³-hybridized carbons (Fsp3) is 0.778. The lowest BCUT2D eigenvalue weighted by Gasteiger charge is -2.12. The van der Waals surface area contributed by atoms with E-state index in [9.17, 15) is 9.00 Å². The summed E-state index contributed by atoms with van der Waals surface area (Å²) in [5, 5.41) is 0. The van der Waals surface area contributed by atoms with Crippen LogP contribution in [0.2, 0.25) is 0 Å². The molecule has 0 radical (unpaired) electrons. The second-order valence-corrected chi connectivity index (χ2v) is 5.70. The van der Waals surface area contributed by atoms with Gasteiger partial charge < -0.3 is 4.74 Å². The molecule has 14 heavy (non-hydrogen) atoms. The highest BCUT2D eigenvalue weighted by Gasteiger charge is 2.17. The van der Waals surface area contributed by atoms with Gasteiger partial charge in [0.1, 0.15) is 11.0 Å². The first-order chi connectivity index (χ1) is 6.38. The summed E-state index contributed by atoms with van der Waals surface area (Å²) in [6.07, 6.45) is 2.26. The quantitative estimate of drug-likeness (QED) is 0.531. The second kappa shape index (κ2) is 5.90. The molecule has 0 saturated heterocycles. The number of carbonyl (C=O) groups is 1. The fourth-order valence-corrected chi connectivity index (χ4v) is 1.12. The van der Waals surface area contributed by atoms with Crippen LogP contribution in [-0.2, 0) is 20.5 Å². The Bertz CT molecular complexity index is 243. The largest absolute Gasteiger partial charge is 0.469 e. The summed E-state index contributed by atoms with van der Waals surface area (Å²) in [5.41, 5.74) is 0. The van der Waals surface area contributed by atoms with Crippen LogP contribution in [0.1, 0.15) is 33.6 Å². The summed E-state index contributed by atoms with van der Waals surface area (Å²) in [7, 11) is 0.103. The summed E-state index contributed by atoms with van der Waals surface area (Å²) >= 11 is 0. The monoisotopic (exact) mass is 219 g/mol. The van der Waals surface area contributed by atoms with Gasteiger partial charge in [0, 0.05) is 6.21 Å². The van der Waals surface area contributed by atoms with Crippen molar-refractivity contribution in [1.82, 2.24) is 0 Å². The maximum atomic E-state index is 11.4. The van der Waals surface area contributed by atoms with Crippen LogP contribution in [0.15, 0.2) is 4.40 Å². The molecule has 0 amide bonds. The molecular weight excluding hydrogens is 202 g/mol.